The smallest absolute Gasteiger partial charge is 0.245 e. The summed E-state index contributed by atoms with van der Waals surface area (Å²) >= 11 is 5.57. The van der Waals surface area contributed by atoms with Gasteiger partial charge in [-0.2, -0.15) is 0 Å². The molecule has 0 aliphatic rings. The van der Waals surface area contributed by atoms with Crippen molar-refractivity contribution in [1.29, 1.82) is 0 Å². The summed E-state index contributed by atoms with van der Waals surface area (Å²) in [6, 6.07) is 4.40. The third-order valence-corrected chi connectivity index (χ3v) is 5.27. The zero-order valence-corrected chi connectivity index (χ0v) is 13.2. The van der Waals surface area contributed by atoms with Crippen molar-refractivity contribution >= 4 is 33.2 Å². The normalized spacial score (nSPS) is 12.9. The van der Waals surface area contributed by atoms with E-state index in [2.05, 4.69) is 10.5 Å². The van der Waals surface area contributed by atoms with Crippen molar-refractivity contribution in [3.05, 3.63) is 40.8 Å². The zero-order valence-electron chi connectivity index (χ0n) is 11.6. The van der Waals surface area contributed by atoms with Crippen molar-refractivity contribution < 1.29 is 22.1 Å². The van der Waals surface area contributed by atoms with E-state index in [0.717, 1.165) is 18.2 Å². The highest BCUT2D eigenvalue weighted by Crippen LogP contribution is 2.23. The van der Waals surface area contributed by atoms with Gasteiger partial charge >= 0.3 is 0 Å². The summed E-state index contributed by atoms with van der Waals surface area (Å²) in [5.74, 6) is -1.49. The Bertz CT molecular complexity index is 819. The third kappa shape index (κ3) is 3.28. The van der Waals surface area contributed by atoms with E-state index in [-0.39, 0.29) is 15.8 Å². The quantitative estimate of drug-likeness (QED) is 0.859. The molecule has 6 nitrogen and oxygen atoms in total. The second-order valence-corrected chi connectivity index (χ2v) is 7.26. The molecule has 0 saturated carbocycles. The van der Waals surface area contributed by atoms with Crippen molar-refractivity contribution in [2.45, 2.75) is 24.0 Å². The van der Waals surface area contributed by atoms with E-state index < -0.39 is 26.8 Å². The SMILES string of the molecule is Cc1cc(NC(=O)[C@@H](C)S(=O)(=O)c2ccc(F)c(Cl)c2)on1. The molecule has 22 heavy (non-hydrogen) atoms. The highest BCUT2D eigenvalue weighted by Gasteiger charge is 2.31. The van der Waals surface area contributed by atoms with Gasteiger partial charge in [0.05, 0.1) is 15.6 Å². The van der Waals surface area contributed by atoms with Gasteiger partial charge in [-0.05, 0) is 32.0 Å². The summed E-state index contributed by atoms with van der Waals surface area (Å²) in [6.07, 6.45) is 0. The molecule has 1 heterocycles. The molecule has 2 rings (SSSR count). The number of hydrogen-bond acceptors (Lipinski definition) is 5. The van der Waals surface area contributed by atoms with E-state index in [1.807, 2.05) is 0 Å². The highest BCUT2D eigenvalue weighted by atomic mass is 35.5. The maximum Gasteiger partial charge on any atom is 0.245 e. The number of benzene rings is 1. The van der Waals surface area contributed by atoms with E-state index >= 15 is 0 Å². The van der Waals surface area contributed by atoms with Crippen LogP contribution in [0, 0.1) is 12.7 Å². The molecular weight excluding hydrogens is 335 g/mol. The summed E-state index contributed by atoms with van der Waals surface area (Å²) in [5.41, 5.74) is 0.538. The Labute approximate surface area is 131 Å². The Morgan fingerprint density at radius 2 is 2.09 bits per heavy atom. The molecule has 0 aliphatic carbocycles. The molecule has 0 fully saturated rings. The number of nitrogens with one attached hydrogen (secondary N) is 1. The second-order valence-electron chi connectivity index (χ2n) is 4.58. The number of aromatic nitrogens is 1. The predicted molar refractivity (Wildman–Crippen MR) is 77.9 cm³/mol. The Balaban J connectivity index is 2.24. The number of aryl methyl sites for hydroxylation is 1. The Morgan fingerprint density at radius 1 is 1.41 bits per heavy atom. The van der Waals surface area contributed by atoms with Crippen molar-refractivity contribution in [3.63, 3.8) is 0 Å². The van der Waals surface area contributed by atoms with Gasteiger partial charge in [0.2, 0.25) is 11.8 Å². The summed E-state index contributed by atoms with van der Waals surface area (Å²) < 4.78 is 42.6. The molecule has 0 radical (unpaired) electrons. The Kier molecular flexibility index (Phi) is 4.52. The number of anilines is 1. The topological polar surface area (TPSA) is 89.3 Å². The van der Waals surface area contributed by atoms with Gasteiger partial charge in [-0.15, -0.1) is 0 Å². The van der Waals surface area contributed by atoms with Crippen LogP contribution in [0.2, 0.25) is 5.02 Å². The number of rotatable bonds is 4. The Morgan fingerprint density at radius 3 is 2.64 bits per heavy atom. The maximum atomic E-state index is 13.1. The van der Waals surface area contributed by atoms with Crippen LogP contribution in [0.4, 0.5) is 10.3 Å². The minimum absolute atomic E-state index is 0.0432. The van der Waals surface area contributed by atoms with Crippen molar-refractivity contribution in [2.24, 2.45) is 0 Å². The van der Waals surface area contributed by atoms with Gasteiger partial charge in [-0.3, -0.25) is 10.1 Å². The largest absolute Gasteiger partial charge is 0.338 e. The van der Waals surface area contributed by atoms with E-state index in [0.29, 0.717) is 5.69 Å². The van der Waals surface area contributed by atoms with E-state index in [9.17, 15) is 17.6 Å². The van der Waals surface area contributed by atoms with Crippen LogP contribution in [0.1, 0.15) is 12.6 Å². The standard InChI is InChI=1S/C13H12ClFN2O4S/c1-7-5-12(21-17-7)16-13(18)8(2)22(19,20)9-3-4-11(15)10(14)6-9/h3-6,8H,1-2H3,(H,16,18)/t8-/m1/s1. The predicted octanol–water partition coefficient (Wildman–Crippen LogP) is 2.58. The fraction of sp³-hybridized carbons (Fsp3) is 0.231. The number of nitrogens with zero attached hydrogens (tertiary/aromatic N) is 1. The average Bonchev–Trinajstić information content (AvgIpc) is 2.86. The van der Waals surface area contributed by atoms with Crippen LogP contribution in [0.15, 0.2) is 33.7 Å². The summed E-state index contributed by atoms with van der Waals surface area (Å²) in [6.45, 7) is 2.87. The first-order valence-electron chi connectivity index (χ1n) is 6.15. The van der Waals surface area contributed by atoms with Crippen LogP contribution in [0.25, 0.3) is 0 Å². The maximum absolute atomic E-state index is 13.1. The lowest BCUT2D eigenvalue weighted by Crippen LogP contribution is -2.32. The molecule has 2 aromatic rings. The molecule has 0 aliphatic heterocycles. The lowest BCUT2D eigenvalue weighted by molar-refractivity contribution is -0.115. The van der Waals surface area contributed by atoms with E-state index in [1.165, 1.54) is 13.0 Å². The van der Waals surface area contributed by atoms with Crippen LogP contribution in [0.5, 0.6) is 0 Å². The summed E-state index contributed by atoms with van der Waals surface area (Å²) in [4.78, 5) is 11.8. The zero-order chi connectivity index (χ0) is 16.5. The molecule has 118 valence electrons. The molecule has 1 aromatic carbocycles. The highest BCUT2D eigenvalue weighted by molar-refractivity contribution is 7.92. The van der Waals surface area contributed by atoms with Crippen molar-refractivity contribution in [2.75, 3.05) is 5.32 Å². The lowest BCUT2D eigenvalue weighted by atomic mass is 10.3. The monoisotopic (exact) mass is 346 g/mol. The average molecular weight is 347 g/mol. The second kappa shape index (κ2) is 6.05. The minimum Gasteiger partial charge on any atom is -0.338 e. The van der Waals surface area contributed by atoms with Crippen LogP contribution in [0.3, 0.4) is 0 Å². The molecular formula is C13H12ClFN2O4S. The van der Waals surface area contributed by atoms with Crippen LogP contribution >= 0.6 is 11.6 Å². The molecule has 1 amide bonds. The fourth-order valence-corrected chi connectivity index (χ4v) is 3.18. The summed E-state index contributed by atoms with van der Waals surface area (Å²) in [7, 11) is -4.02. The van der Waals surface area contributed by atoms with E-state index in [4.69, 9.17) is 16.1 Å². The molecule has 1 atom stereocenters. The fourth-order valence-electron chi connectivity index (χ4n) is 1.64. The first-order chi connectivity index (χ1) is 10.2. The van der Waals surface area contributed by atoms with E-state index in [1.54, 1.807) is 6.92 Å². The number of hydrogen-bond donors (Lipinski definition) is 1. The van der Waals surface area contributed by atoms with Gasteiger partial charge in [0.1, 0.15) is 11.1 Å². The van der Waals surface area contributed by atoms with Crippen LogP contribution in [-0.4, -0.2) is 24.7 Å². The van der Waals surface area contributed by atoms with Crippen LogP contribution < -0.4 is 5.32 Å². The first-order valence-corrected chi connectivity index (χ1v) is 8.07. The Hall–Kier alpha value is -1.93. The lowest BCUT2D eigenvalue weighted by Gasteiger charge is -2.12. The number of carbonyl (C=O) groups excluding carboxylic acids is 1. The van der Waals surface area contributed by atoms with Gasteiger partial charge in [-0.1, -0.05) is 16.8 Å². The summed E-state index contributed by atoms with van der Waals surface area (Å²) in [5, 5.41) is 4.13. The van der Waals surface area contributed by atoms with Gasteiger partial charge in [0.15, 0.2) is 9.84 Å². The molecule has 1 N–H and O–H groups in total. The number of sulfone groups is 1. The van der Waals surface area contributed by atoms with Crippen molar-refractivity contribution in [1.82, 2.24) is 5.16 Å². The molecule has 1 aromatic heterocycles. The molecule has 0 bridgehead atoms. The number of halogens is 2. The third-order valence-electron chi connectivity index (χ3n) is 2.93. The van der Waals surface area contributed by atoms with Gasteiger partial charge < -0.3 is 4.52 Å². The molecule has 9 heteroatoms. The minimum atomic E-state index is -4.02. The first kappa shape index (κ1) is 16.4. The molecule has 0 spiro atoms. The number of carbonyl (C=O) groups is 1. The van der Waals surface area contributed by atoms with Gasteiger partial charge in [0, 0.05) is 6.07 Å². The molecule has 0 unspecified atom stereocenters. The number of amides is 1. The van der Waals surface area contributed by atoms with Gasteiger partial charge in [0.25, 0.3) is 0 Å². The van der Waals surface area contributed by atoms with Crippen molar-refractivity contribution in [3.8, 4) is 0 Å². The molecule has 0 saturated heterocycles. The van der Waals surface area contributed by atoms with Gasteiger partial charge in [-0.25, -0.2) is 12.8 Å². The van der Waals surface area contributed by atoms with Crippen LogP contribution in [-0.2, 0) is 14.6 Å².